The standard InChI is InChI=1S/C31H39BN2O7/c1-6-23(34-39-18-19-11-8-7-9-12-19)28(35)33-26(15-20-13-10-14-22(29(36)37)27(20)38-5)32-40-25-17-21-16-24(30(21,2)3)31(25,4)41-32/h7-14,21,24-26H,6,15-18H2,1-5H3,(H,33,35)(H,36,37)/t21?,24?,25?,26-,31?/m0/s1. The van der Waals surface area contributed by atoms with Crippen LogP contribution in [0.15, 0.2) is 53.7 Å². The molecule has 0 aromatic heterocycles. The summed E-state index contributed by atoms with van der Waals surface area (Å²) in [5, 5.41) is 16.9. The van der Waals surface area contributed by atoms with Crippen LogP contribution in [0.2, 0.25) is 0 Å². The Morgan fingerprint density at radius 1 is 1.15 bits per heavy atom. The van der Waals surface area contributed by atoms with E-state index >= 15 is 0 Å². The molecule has 2 aromatic rings. The van der Waals surface area contributed by atoms with Gasteiger partial charge in [-0.25, -0.2) is 4.79 Å². The first kappa shape index (κ1) is 29.1. The highest BCUT2D eigenvalue weighted by Gasteiger charge is 2.68. The zero-order valence-electron chi connectivity index (χ0n) is 24.4. The van der Waals surface area contributed by atoms with E-state index in [9.17, 15) is 14.7 Å². The van der Waals surface area contributed by atoms with E-state index in [1.165, 1.54) is 13.2 Å². The number of ether oxygens (including phenoxy) is 1. The fourth-order valence-corrected chi connectivity index (χ4v) is 6.96. The lowest BCUT2D eigenvalue weighted by Gasteiger charge is -2.64. The van der Waals surface area contributed by atoms with Crippen molar-refractivity contribution in [1.82, 2.24) is 5.32 Å². The molecule has 6 rings (SSSR count). The number of nitrogens with one attached hydrogen (secondary N) is 1. The number of hydrogen-bond acceptors (Lipinski definition) is 7. The second kappa shape index (κ2) is 11.5. The van der Waals surface area contributed by atoms with Crippen molar-refractivity contribution >= 4 is 24.7 Å². The topological polar surface area (TPSA) is 116 Å². The Hall–Kier alpha value is -3.37. The van der Waals surface area contributed by atoms with Crippen LogP contribution in [0.3, 0.4) is 0 Å². The maximum Gasteiger partial charge on any atom is 0.482 e. The Labute approximate surface area is 241 Å². The Kier molecular flexibility index (Phi) is 8.16. The Morgan fingerprint density at radius 2 is 1.90 bits per heavy atom. The Balaban J connectivity index is 1.39. The second-order valence-electron chi connectivity index (χ2n) is 12.1. The first-order valence-electron chi connectivity index (χ1n) is 14.3. The molecule has 218 valence electrons. The molecule has 4 unspecified atom stereocenters. The van der Waals surface area contributed by atoms with Gasteiger partial charge in [0.15, 0.2) is 0 Å². The Bertz CT molecular complexity index is 1320. The monoisotopic (exact) mass is 562 g/mol. The SMILES string of the molecule is CCC(=NOCc1ccccc1)C(=O)N[C@@H](Cc1cccc(C(=O)O)c1OC)B1OC2CC3CC(C3(C)C)C2(C)O1. The number of oxime groups is 1. The summed E-state index contributed by atoms with van der Waals surface area (Å²) in [5.74, 6) is -0.933. The second-order valence-corrected chi connectivity index (χ2v) is 12.1. The molecule has 4 aliphatic rings. The van der Waals surface area contributed by atoms with Gasteiger partial charge in [0.05, 0.1) is 24.8 Å². The number of carbonyl (C=O) groups is 2. The summed E-state index contributed by atoms with van der Waals surface area (Å²) >= 11 is 0. The van der Waals surface area contributed by atoms with Gasteiger partial charge < -0.3 is 29.3 Å². The van der Waals surface area contributed by atoms with Crippen molar-refractivity contribution in [3.8, 4) is 5.75 Å². The third kappa shape index (κ3) is 5.47. The minimum Gasteiger partial charge on any atom is -0.496 e. The lowest BCUT2D eigenvalue weighted by Crippen LogP contribution is -2.65. The maximum atomic E-state index is 13.5. The minimum atomic E-state index is -1.09. The largest absolute Gasteiger partial charge is 0.496 e. The van der Waals surface area contributed by atoms with Crippen molar-refractivity contribution in [1.29, 1.82) is 0 Å². The molecule has 0 radical (unpaired) electrons. The number of amides is 1. The van der Waals surface area contributed by atoms with E-state index in [1.807, 2.05) is 37.3 Å². The first-order chi connectivity index (χ1) is 19.6. The molecule has 1 saturated heterocycles. The molecule has 3 saturated carbocycles. The van der Waals surface area contributed by atoms with E-state index < -0.39 is 30.5 Å². The summed E-state index contributed by atoms with van der Waals surface area (Å²) in [4.78, 5) is 30.9. The summed E-state index contributed by atoms with van der Waals surface area (Å²) in [7, 11) is 0.712. The van der Waals surface area contributed by atoms with Crippen LogP contribution in [0.5, 0.6) is 5.75 Å². The van der Waals surface area contributed by atoms with Crippen LogP contribution in [0.4, 0.5) is 0 Å². The molecule has 1 amide bonds. The van der Waals surface area contributed by atoms with Gasteiger partial charge in [-0.15, -0.1) is 0 Å². The number of para-hydroxylation sites is 1. The van der Waals surface area contributed by atoms with Gasteiger partial charge in [0.1, 0.15) is 23.6 Å². The average Bonchev–Trinajstić information content (AvgIpc) is 3.32. The highest BCUT2D eigenvalue weighted by molar-refractivity contribution is 6.49. The fraction of sp³-hybridized carbons (Fsp3) is 0.516. The van der Waals surface area contributed by atoms with Crippen molar-refractivity contribution in [2.24, 2.45) is 22.4 Å². The molecule has 3 aliphatic carbocycles. The normalized spacial score (nSPS) is 26.9. The third-order valence-electron chi connectivity index (χ3n) is 9.43. The summed E-state index contributed by atoms with van der Waals surface area (Å²) in [6.07, 6.45) is 2.53. The number of nitrogens with zero attached hydrogens (tertiary/aromatic N) is 1. The number of hydrogen-bond donors (Lipinski definition) is 2. The van der Waals surface area contributed by atoms with Gasteiger partial charge in [-0.1, -0.05) is 68.4 Å². The molecule has 9 nitrogen and oxygen atoms in total. The number of carboxylic acid groups (broad SMARTS) is 1. The van der Waals surface area contributed by atoms with Crippen LogP contribution < -0.4 is 10.1 Å². The molecular weight excluding hydrogens is 523 g/mol. The van der Waals surface area contributed by atoms with Crippen molar-refractivity contribution in [2.75, 3.05) is 7.11 Å². The predicted octanol–water partition coefficient (Wildman–Crippen LogP) is 4.67. The molecule has 41 heavy (non-hydrogen) atoms. The highest BCUT2D eigenvalue weighted by atomic mass is 16.7. The number of carbonyl (C=O) groups excluding carboxylic acids is 1. The first-order valence-corrected chi connectivity index (χ1v) is 14.3. The molecule has 5 atom stereocenters. The summed E-state index contributed by atoms with van der Waals surface area (Å²) in [5.41, 5.74) is 1.56. The van der Waals surface area contributed by atoms with Crippen LogP contribution in [0.1, 0.15) is 68.4 Å². The van der Waals surface area contributed by atoms with Gasteiger partial charge in [-0.3, -0.25) is 4.79 Å². The van der Waals surface area contributed by atoms with Crippen molar-refractivity contribution < 1.29 is 33.6 Å². The molecule has 4 fully saturated rings. The van der Waals surface area contributed by atoms with Crippen molar-refractivity contribution in [3.05, 3.63) is 65.2 Å². The maximum absolute atomic E-state index is 13.5. The van der Waals surface area contributed by atoms with E-state index in [4.69, 9.17) is 18.9 Å². The van der Waals surface area contributed by atoms with Crippen LogP contribution in [0, 0.1) is 17.3 Å². The summed E-state index contributed by atoms with van der Waals surface area (Å²) in [6, 6.07) is 14.6. The lowest BCUT2D eigenvalue weighted by atomic mass is 9.43. The number of carboxylic acids is 1. The fourth-order valence-electron chi connectivity index (χ4n) is 6.96. The molecule has 2 bridgehead atoms. The van der Waals surface area contributed by atoms with Gasteiger partial charge in [-0.2, -0.15) is 0 Å². The van der Waals surface area contributed by atoms with Crippen LogP contribution >= 0.6 is 0 Å². The number of rotatable bonds is 11. The summed E-state index contributed by atoms with van der Waals surface area (Å²) < 4.78 is 18.8. The van der Waals surface area contributed by atoms with E-state index in [0.29, 0.717) is 23.8 Å². The molecular formula is C31H39BN2O7. The Morgan fingerprint density at radius 3 is 2.56 bits per heavy atom. The quantitative estimate of drug-likeness (QED) is 0.232. The highest BCUT2D eigenvalue weighted by Crippen LogP contribution is 2.65. The van der Waals surface area contributed by atoms with Gasteiger partial charge in [-0.05, 0) is 67.1 Å². The van der Waals surface area contributed by atoms with E-state index in [2.05, 4.69) is 31.2 Å². The minimum absolute atomic E-state index is 0.0525. The van der Waals surface area contributed by atoms with Crippen LogP contribution in [-0.4, -0.2) is 54.6 Å². The number of aromatic carboxylic acids is 1. The van der Waals surface area contributed by atoms with Gasteiger partial charge >= 0.3 is 13.1 Å². The van der Waals surface area contributed by atoms with Gasteiger partial charge in [0.25, 0.3) is 5.91 Å². The molecule has 2 aromatic carbocycles. The zero-order valence-corrected chi connectivity index (χ0v) is 24.4. The molecule has 2 N–H and O–H groups in total. The lowest BCUT2D eigenvalue weighted by molar-refractivity contribution is -0.199. The van der Waals surface area contributed by atoms with Crippen molar-refractivity contribution in [2.45, 2.75) is 77.6 Å². The predicted molar refractivity (Wildman–Crippen MR) is 155 cm³/mol. The van der Waals surface area contributed by atoms with E-state index in [-0.39, 0.29) is 41.6 Å². The molecule has 10 heteroatoms. The van der Waals surface area contributed by atoms with Gasteiger partial charge in [0, 0.05) is 0 Å². The molecule has 1 heterocycles. The van der Waals surface area contributed by atoms with Crippen LogP contribution in [-0.2, 0) is 32.0 Å². The molecule has 0 spiro atoms. The smallest absolute Gasteiger partial charge is 0.482 e. The number of methoxy groups -OCH3 is 1. The zero-order chi connectivity index (χ0) is 29.4. The van der Waals surface area contributed by atoms with Crippen molar-refractivity contribution in [3.63, 3.8) is 0 Å². The number of benzene rings is 2. The van der Waals surface area contributed by atoms with E-state index in [1.54, 1.807) is 12.1 Å². The molecule has 1 aliphatic heterocycles. The average molecular weight is 562 g/mol. The summed E-state index contributed by atoms with van der Waals surface area (Å²) in [6.45, 7) is 8.80. The van der Waals surface area contributed by atoms with Crippen LogP contribution in [0.25, 0.3) is 0 Å². The van der Waals surface area contributed by atoms with E-state index in [0.717, 1.165) is 18.4 Å². The van der Waals surface area contributed by atoms with Gasteiger partial charge in [0.2, 0.25) is 0 Å². The third-order valence-corrected chi connectivity index (χ3v) is 9.43.